The van der Waals surface area contributed by atoms with Gasteiger partial charge in [0.15, 0.2) is 0 Å². The van der Waals surface area contributed by atoms with Crippen LogP contribution in [0.4, 0.5) is 5.69 Å². The highest BCUT2D eigenvalue weighted by molar-refractivity contribution is 9.10. The Hall–Kier alpha value is -1.69. The number of H-pyrrole nitrogens is 1. The van der Waals surface area contributed by atoms with E-state index in [-0.39, 0.29) is 11.7 Å². The summed E-state index contributed by atoms with van der Waals surface area (Å²) in [6.07, 6.45) is 1.74. The van der Waals surface area contributed by atoms with Crippen LogP contribution in [0, 0.1) is 6.92 Å². The van der Waals surface area contributed by atoms with Crippen molar-refractivity contribution >= 4 is 27.5 Å². The molecule has 0 unspecified atom stereocenters. The van der Waals surface area contributed by atoms with Crippen molar-refractivity contribution in [3.63, 3.8) is 0 Å². The second-order valence-corrected chi connectivity index (χ2v) is 5.15. The molecule has 0 saturated heterocycles. The van der Waals surface area contributed by atoms with Crippen LogP contribution in [0.25, 0.3) is 0 Å². The van der Waals surface area contributed by atoms with Crippen LogP contribution in [0.5, 0.6) is 0 Å². The highest BCUT2D eigenvalue weighted by Crippen LogP contribution is 2.23. The van der Waals surface area contributed by atoms with Gasteiger partial charge in [0.1, 0.15) is 5.82 Å². The second-order valence-electron chi connectivity index (χ2n) is 4.29. The number of aryl methyl sites for hydroxylation is 2. The summed E-state index contributed by atoms with van der Waals surface area (Å²) in [5.41, 5.74) is 1.78. The standard InChI is InChI=1S/C13H15BrN4O/c1-3-4-11-16-12(18-17-11)13(19)15-10-7-8(2)5-6-9(10)14/h5-7H,3-4H2,1-2H3,(H,15,19)(H,16,17,18). The normalized spacial score (nSPS) is 10.5. The molecule has 0 fully saturated rings. The zero-order valence-corrected chi connectivity index (χ0v) is 12.4. The molecule has 0 spiro atoms. The van der Waals surface area contributed by atoms with E-state index in [1.54, 1.807) is 0 Å². The average molecular weight is 323 g/mol. The van der Waals surface area contributed by atoms with E-state index < -0.39 is 0 Å². The van der Waals surface area contributed by atoms with E-state index in [2.05, 4.69) is 36.4 Å². The van der Waals surface area contributed by atoms with Gasteiger partial charge in [-0.15, -0.1) is 5.10 Å². The molecule has 1 aromatic heterocycles. The maximum Gasteiger partial charge on any atom is 0.295 e. The van der Waals surface area contributed by atoms with Gasteiger partial charge in [-0.2, -0.15) is 0 Å². The summed E-state index contributed by atoms with van der Waals surface area (Å²) in [6, 6.07) is 5.75. The number of aromatic amines is 1. The Kier molecular flexibility index (Phi) is 4.31. The lowest BCUT2D eigenvalue weighted by molar-refractivity contribution is 0.101. The van der Waals surface area contributed by atoms with Crippen LogP contribution < -0.4 is 5.32 Å². The molecule has 6 heteroatoms. The minimum absolute atomic E-state index is 0.164. The largest absolute Gasteiger partial charge is 0.318 e. The van der Waals surface area contributed by atoms with Crippen molar-refractivity contribution in [2.45, 2.75) is 26.7 Å². The average Bonchev–Trinajstić information content (AvgIpc) is 2.83. The summed E-state index contributed by atoms with van der Waals surface area (Å²) < 4.78 is 0.829. The van der Waals surface area contributed by atoms with Crippen molar-refractivity contribution in [3.05, 3.63) is 39.9 Å². The summed E-state index contributed by atoms with van der Waals surface area (Å²) in [5, 5.41) is 9.48. The summed E-state index contributed by atoms with van der Waals surface area (Å²) in [5.74, 6) is 0.581. The minimum Gasteiger partial charge on any atom is -0.318 e. The fourth-order valence-corrected chi connectivity index (χ4v) is 2.00. The number of aromatic nitrogens is 3. The van der Waals surface area contributed by atoms with Crippen molar-refractivity contribution in [3.8, 4) is 0 Å². The van der Waals surface area contributed by atoms with Gasteiger partial charge in [0.2, 0.25) is 5.82 Å². The zero-order valence-electron chi connectivity index (χ0n) is 10.8. The molecule has 1 aromatic carbocycles. The van der Waals surface area contributed by atoms with Gasteiger partial charge >= 0.3 is 0 Å². The Morgan fingerprint density at radius 3 is 3.00 bits per heavy atom. The predicted octanol–water partition coefficient (Wildman–Crippen LogP) is 3.08. The van der Waals surface area contributed by atoms with Crippen LogP contribution in [-0.4, -0.2) is 21.1 Å². The summed E-state index contributed by atoms with van der Waals surface area (Å²) in [6.45, 7) is 4.01. The molecule has 2 N–H and O–H groups in total. The van der Waals surface area contributed by atoms with E-state index in [9.17, 15) is 4.79 Å². The molecule has 1 amide bonds. The number of nitrogens with zero attached hydrogens (tertiary/aromatic N) is 2. The van der Waals surface area contributed by atoms with Crippen LogP contribution in [-0.2, 0) is 6.42 Å². The molecule has 0 saturated carbocycles. The molecule has 0 aliphatic rings. The first-order chi connectivity index (χ1) is 9.10. The van der Waals surface area contributed by atoms with E-state index in [1.807, 2.05) is 32.0 Å². The molecule has 19 heavy (non-hydrogen) atoms. The number of carbonyl (C=O) groups excluding carboxylic acids is 1. The third-order valence-electron chi connectivity index (χ3n) is 2.59. The van der Waals surface area contributed by atoms with E-state index in [4.69, 9.17) is 0 Å². The maximum absolute atomic E-state index is 12.0. The number of nitrogens with one attached hydrogen (secondary N) is 2. The molecule has 100 valence electrons. The monoisotopic (exact) mass is 322 g/mol. The lowest BCUT2D eigenvalue weighted by Crippen LogP contribution is -2.14. The summed E-state index contributed by atoms with van der Waals surface area (Å²) in [7, 11) is 0. The van der Waals surface area contributed by atoms with Crippen molar-refractivity contribution in [1.82, 2.24) is 15.2 Å². The number of hydrogen-bond donors (Lipinski definition) is 2. The molecule has 0 aliphatic heterocycles. The highest BCUT2D eigenvalue weighted by atomic mass is 79.9. The molecule has 0 aliphatic carbocycles. The van der Waals surface area contributed by atoms with Crippen molar-refractivity contribution in [2.24, 2.45) is 0 Å². The molecular formula is C13H15BrN4O. The van der Waals surface area contributed by atoms with Gasteiger partial charge in [0, 0.05) is 10.9 Å². The van der Waals surface area contributed by atoms with Crippen molar-refractivity contribution in [1.29, 1.82) is 0 Å². The van der Waals surface area contributed by atoms with Gasteiger partial charge in [-0.1, -0.05) is 13.0 Å². The van der Waals surface area contributed by atoms with Gasteiger partial charge in [-0.3, -0.25) is 9.89 Å². The number of amides is 1. The molecule has 2 aromatic rings. The van der Waals surface area contributed by atoms with Crippen molar-refractivity contribution in [2.75, 3.05) is 5.32 Å². The fraction of sp³-hybridized carbons (Fsp3) is 0.308. The minimum atomic E-state index is -0.315. The molecule has 0 radical (unpaired) electrons. The zero-order chi connectivity index (χ0) is 13.8. The molecule has 0 atom stereocenters. The first-order valence-corrected chi connectivity index (χ1v) is 6.88. The number of anilines is 1. The van der Waals surface area contributed by atoms with Crippen LogP contribution in [0.1, 0.15) is 35.4 Å². The first kappa shape index (κ1) is 13.7. The SMILES string of the molecule is CCCc1nc(C(=O)Nc2cc(C)ccc2Br)n[nH]1. The molecule has 0 bridgehead atoms. The Morgan fingerprint density at radius 2 is 2.26 bits per heavy atom. The van der Waals surface area contributed by atoms with Crippen LogP contribution >= 0.6 is 15.9 Å². The number of carbonyl (C=O) groups is 1. The Bertz CT molecular complexity index is 594. The third kappa shape index (κ3) is 3.41. The maximum atomic E-state index is 12.0. The van der Waals surface area contributed by atoms with Crippen molar-refractivity contribution < 1.29 is 4.79 Å². The Balaban J connectivity index is 2.13. The quantitative estimate of drug-likeness (QED) is 0.908. The van der Waals surface area contributed by atoms with E-state index in [0.29, 0.717) is 5.69 Å². The third-order valence-corrected chi connectivity index (χ3v) is 3.28. The van der Waals surface area contributed by atoms with E-state index in [1.165, 1.54) is 0 Å². The Labute approximate surface area is 120 Å². The van der Waals surface area contributed by atoms with Crippen LogP contribution in [0.3, 0.4) is 0 Å². The smallest absolute Gasteiger partial charge is 0.295 e. The predicted molar refractivity (Wildman–Crippen MR) is 77.2 cm³/mol. The summed E-state index contributed by atoms with van der Waals surface area (Å²) in [4.78, 5) is 16.2. The molecule has 2 rings (SSSR count). The molecule has 1 heterocycles. The number of benzene rings is 1. The number of hydrogen-bond acceptors (Lipinski definition) is 3. The van der Waals surface area contributed by atoms with Gasteiger partial charge in [0.05, 0.1) is 5.69 Å². The lowest BCUT2D eigenvalue weighted by atomic mass is 10.2. The lowest BCUT2D eigenvalue weighted by Gasteiger charge is -2.06. The van der Waals surface area contributed by atoms with Gasteiger partial charge < -0.3 is 5.32 Å². The van der Waals surface area contributed by atoms with Gasteiger partial charge in [-0.05, 0) is 47.0 Å². The van der Waals surface area contributed by atoms with E-state index >= 15 is 0 Å². The Morgan fingerprint density at radius 1 is 1.47 bits per heavy atom. The fourth-order valence-electron chi connectivity index (χ4n) is 1.66. The number of halogens is 1. The molecule has 5 nitrogen and oxygen atoms in total. The van der Waals surface area contributed by atoms with E-state index in [0.717, 1.165) is 28.7 Å². The second kappa shape index (κ2) is 5.97. The van der Waals surface area contributed by atoms with Crippen LogP contribution in [0.2, 0.25) is 0 Å². The first-order valence-electron chi connectivity index (χ1n) is 6.09. The van der Waals surface area contributed by atoms with Gasteiger partial charge in [0.25, 0.3) is 5.91 Å². The summed E-state index contributed by atoms with van der Waals surface area (Å²) >= 11 is 3.40. The number of rotatable bonds is 4. The van der Waals surface area contributed by atoms with Gasteiger partial charge in [-0.25, -0.2) is 4.98 Å². The highest BCUT2D eigenvalue weighted by Gasteiger charge is 2.13. The van der Waals surface area contributed by atoms with Crippen LogP contribution in [0.15, 0.2) is 22.7 Å². The molecular weight excluding hydrogens is 308 g/mol. The topological polar surface area (TPSA) is 70.7 Å².